The van der Waals surface area contributed by atoms with Crippen LogP contribution >= 0.6 is 0 Å². The lowest BCUT2D eigenvalue weighted by Crippen LogP contribution is -2.02. The summed E-state index contributed by atoms with van der Waals surface area (Å²) >= 11 is 0. The number of allylic oxidation sites excluding steroid dienone is 1. The molecule has 2 aliphatic carbocycles. The number of nitrogens with zero attached hydrogens (tertiary/aromatic N) is 4. The van der Waals surface area contributed by atoms with Gasteiger partial charge >= 0.3 is 0 Å². The highest BCUT2D eigenvalue weighted by molar-refractivity contribution is 6.31. The third-order valence-corrected chi connectivity index (χ3v) is 6.75. The SMILES string of the molecule is [C-]#[N+]/C(C#N)=C1/c2nnc3c(c2-c2ccc4ccccc4c21)C(=O)c1c-3ccc2ccccc12. The van der Waals surface area contributed by atoms with E-state index in [1.54, 1.807) is 0 Å². The number of hydrogen-bond donors (Lipinski definition) is 0. The topological polar surface area (TPSA) is 71.0 Å². The van der Waals surface area contributed by atoms with E-state index < -0.39 is 0 Å². The van der Waals surface area contributed by atoms with Gasteiger partial charge in [-0.2, -0.15) is 5.10 Å². The minimum absolute atomic E-state index is 0.0565. The van der Waals surface area contributed by atoms with Gasteiger partial charge in [-0.1, -0.05) is 72.8 Å². The summed E-state index contributed by atoms with van der Waals surface area (Å²) in [5, 5.41) is 22.5. The molecular weight excluding hydrogens is 420 g/mol. The summed E-state index contributed by atoms with van der Waals surface area (Å²) in [5.74, 6) is -0.102. The average molecular weight is 432 g/mol. The molecule has 0 saturated heterocycles. The first-order chi connectivity index (χ1) is 16.7. The molecule has 0 unspecified atom stereocenters. The zero-order chi connectivity index (χ0) is 23.0. The Balaban J connectivity index is 1.64. The van der Waals surface area contributed by atoms with E-state index in [1.807, 2.05) is 78.9 Å². The molecule has 0 atom stereocenters. The van der Waals surface area contributed by atoms with Crippen molar-refractivity contribution in [3.05, 3.63) is 112 Å². The van der Waals surface area contributed by atoms with E-state index in [1.165, 1.54) is 0 Å². The summed E-state index contributed by atoms with van der Waals surface area (Å²) in [4.78, 5) is 17.4. The fourth-order valence-corrected chi connectivity index (χ4v) is 5.36. The molecule has 34 heavy (non-hydrogen) atoms. The van der Waals surface area contributed by atoms with Gasteiger partial charge in [-0.3, -0.25) is 4.79 Å². The van der Waals surface area contributed by atoms with Crippen LogP contribution in [0.5, 0.6) is 0 Å². The number of benzene rings is 4. The second-order valence-corrected chi connectivity index (χ2v) is 8.34. The monoisotopic (exact) mass is 432 g/mol. The minimum atomic E-state index is -0.102. The number of rotatable bonds is 0. The normalized spacial score (nSPS) is 14.2. The summed E-state index contributed by atoms with van der Waals surface area (Å²) < 4.78 is 0. The molecule has 5 aromatic rings. The van der Waals surface area contributed by atoms with E-state index in [4.69, 9.17) is 6.57 Å². The molecule has 4 aromatic carbocycles. The summed E-state index contributed by atoms with van der Waals surface area (Å²) in [5.41, 5.74) is 5.46. The van der Waals surface area contributed by atoms with Crippen LogP contribution in [-0.4, -0.2) is 16.0 Å². The first-order valence-electron chi connectivity index (χ1n) is 10.7. The zero-order valence-electron chi connectivity index (χ0n) is 17.6. The minimum Gasteiger partial charge on any atom is -0.288 e. The Morgan fingerprint density at radius 1 is 0.735 bits per heavy atom. The van der Waals surface area contributed by atoms with Crippen molar-refractivity contribution < 1.29 is 4.79 Å². The van der Waals surface area contributed by atoms with Crippen LogP contribution < -0.4 is 0 Å². The Morgan fingerprint density at radius 3 is 2.03 bits per heavy atom. The fraction of sp³-hybridized carbons (Fsp3) is 0. The van der Waals surface area contributed by atoms with Crippen molar-refractivity contribution in [2.75, 3.05) is 0 Å². The van der Waals surface area contributed by atoms with E-state index in [9.17, 15) is 10.1 Å². The highest BCUT2D eigenvalue weighted by Gasteiger charge is 2.40. The van der Waals surface area contributed by atoms with Gasteiger partial charge in [0, 0.05) is 22.3 Å². The van der Waals surface area contributed by atoms with Crippen LogP contribution in [0.3, 0.4) is 0 Å². The molecule has 0 radical (unpaired) electrons. The van der Waals surface area contributed by atoms with Crippen molar-refractivity contribution in [1.82, 2.24) is 10.2 Å². The zero-order valence-corrected chi connectivity index (χ0v) is 17.6. The molecule has 0 amide bonds. The predicted octanol–water partition coefficient (Wildman–Crippen LogP) is 6.18. The quantitative estimate of drug-likeness (QED) is 0.212. The van der Waals surface area contributed by atoms with Gasteiger partial charge in [0.15, 0.2) is 5.78 Å². The molecule has 154 valence electrons. The van der Waals surface area contributed by atoms with Gasteiger partial charge in [0.2, 0.25) is 0 Å². The molecule has 5 heteroatoms. The molecule has 1 aromatic heterocycles. The Bertz CT molecular complexity index is 1880. The van der Waals surface area contributed by atoms with Gasteiger partial charge in [0.25, 0.3) is 5.70 Å². The van der Waals surface area contributed by atoms with Gasteiger partial charge in [-0.15, -0.1) is 5.10 Å². The number of aromatic nitrogens is 2. The molecule has 7 rings (SSSR count). The van der Waals surface area contributed by atoms with Crippen LogP contribution in [0.1, 0.15) is 27.2 Å². The van der Waals surface area contributed by atoms with E-state index in [0.717, 1.165) is 38.2 Å². The van der Waals surface area contributed by atoms with Gasteiger partial charge in [0.1, 0.15) is 5.69 Å². The van der Waals surface area contributed by atoms with E-state index in [-0.39, 0.29) is 11.5 Å². The van der Waals surface area contributed by atoms with Gasteiger partial charge in [-0.05, 0) is 32.7 Å². The second kappa shape index (κ2) is 6.45. The lowest BCUT2D eigenvalue weighted by Gasteiger charge is -2.08. The molecule has 2 aliphatic rings. The maximum Gasteiger partial charge on any atom is 0.271 e. The Labute approximate surface area is 194 Å². The summed E-state index contributed by atoms with van der Waals surface area (Å²) in [6.45, 7) is 7.63. The number of fused-ring (bicyclic) bond motifs is 11. The Morgan fingerprint density at radius 2 is 1.35 bits per heavy atom. The molecule has 1 heterocycles. The molecule has 0 saturated carbocycles. The summed E-state index contributed by atoms with van der Waals surface area (Å²) in [6.07, 6.45) is 0. The van der Waals surface area contributed by atoms with E-state index >= 15 is 0 Å². The molecular formula is C29H12N4O. The van der Waals surface area contributed by atoms with Crippen molar-refractivity contribution >= 4 is 32.9 Å². The number of ketones is 1. The Hall–Kier alpha value is -5.13. The molecule has 0 aliphatic heterocycles. The summed E-state index contributed by atoms with van der Waals surface area (Å²) in [6, 6.07) is 25.5. The van der Waals surface area contributed by atoms with Gasteiger partial charge in [-0.25, -0.2) is 10.1 Å². The van der Waals surface area contributed by atoms with E-state index in [0.29, 0.717) is 33.7 Å². The highest BCUT2D eigenvalue weighted by atomic mass is 16.1. The molecule has 0 spiro atoms. The van der Waals surface area contributed by atoms with Crippen LogP contribution in [0.2, 0.25) is 0 Å². The van der Waals surface area contributed by atoms with Crippen LogP contribution in [0.15, 0.2) is 78.5 Å². The number of carbonyl (C=O) groups excluding carboxylic acids is 1. The van der Waals surface area contributed by atoms with Crippen LogP contribution in [-0.2, 0) is 0 Å². The molecule has 0 bridgehead atoms. The number of nitriles is 1. The largest absolute Gasteiger partial charge is 0.288 e. The maximum atomic E-state index is 13.9. The van der Waals surface area contributed by atoms with Crippen LogP contribution in [0.4, 0.5) is 0 Å². The highest BCUT2D eigenvalue weighted by Crippen LogP contribution is 2.53. The standard InChI is InChI=1S/C29H12N4O/c1-31-21(14-30)25-22-17-8-4-2-6-15(17)10-12-19(22)24-26-27(32-33-28(24)25)20-13-11-16-7-3-5-9-18(16)23(20)29(26)34/h2-13H/b25-21+. The summed E-state index contributed by atoms with van der Waals surface area (Å²) in [7, 11) is 0. The molecule has 0 N–H and O–H groups in total. The van der Waals surface area contributed by atoms with Crippen molar-refractivity contribution in [3.63, 3.8) is 0 Å². The average Bonchev–Trinajstić information content (AvgIpc) is 3.38. The first-order valence-corrected chi connectivity index (χ1v) is 10.7. The first kappa shape index (κ1) is 18.4. The fourth-order valence-electron chi connectivity index (χ4n) is 5.36. The van der Waals surface area contributed by atoms with Crippen molar-refractivity contribution in [1.29, 1.82) is 5.26 Å². The van der Waals surface area contributed by atoms with Gasteiger partial charge < -0.3 is 0 Å². The number of hydrogen-bond acceptors (Lipinski definition) is 4. The van der Waals surface area contributed by atoms with Gasteiger partial charge in [0.05, 0.1) is 23.9 Å². The molecule has 0 fully saturated rings. The molecule has 5 nitrogen and oxygen atoms in total. The van der Waals surface area contributed by atoms with Crippen molar-refractivity contribution in [2.45, 2.75) is 0 Å². The lowest BCUT2D eigenvalue weighted by atomic mass is 9.95. The second-order valence-electron chi connectivity index (χ2n) is 8.34. The predicted molar refractivity (Wildman–Crippen MR) is 130 cm³/mol. The van der Waals surface area contributed by atoms with Crippen LogP contribution in [0.25, 0.3) is 54.3 Å². The smallest absolute Gasteiger partial charge is 0.271 e. The lowest BCUT2D eigenvalue weighted by molar-refractivity contribution is 0.104. The third-order valence-electron chi connectivity index (χ3n) is 6.75. The van der Waals surface area contributed by atoms with Crippen molar-refractivity contribution in [2.24, 2.45) is 0 Å². The van der Waals surface area contributed by atoms with Crippen molar-refractivity contribution in [3.8, 4) is 28.5 Å². The Kier molecular flexibility index (Phi) is 3.50. The maximum absolute atomic E-state index is 13.9. The number of carbonyl (C=O) groups is 1. The van der Waals surface area contributed by atoms with Crippen LogP contribution in [0, 0.1) is 17.9 Å². The van der Waals surface area contributed by atoms with E-state index in [2.05, 4.69) is 15.0 Å². The third kappa shape index (κ3) is 2.13.